The van der Waals surface area contributed by atoms with Crippen molar-refractivity contribution in [1.82, 2.24) is 0 Å². The Balaban J connectivity index is 2.17. The van der Waals surface area contributed by atoms with Crippen LogP contribution in [0.25, 0.3) is 0 Å². The molecule has 3 rings (SSSR count). The standard InChI is InChI=1S/C18H21N3O/c1-13(2)21-17-11-7-6-10-16(17)20(12-15(19)18(21)22)14-8-4-3-5-9-14/h3-11,13,15H,12,19H2,1-2H3. The van der Waals surface area contributed by atoms with E-state index in [4.69, 9.17) is 5.73 Å². The van der Waals surface area contributed by atoms with Gasteiger partial charge in [-0.3, -0.25) is 4.79 Å². The third-order valence-corrected chi connectivity index (χ3v) is 3.95. The van der Waals surface area contributed by atoms with E-state index in [-0.39, 0.29) is 11.9 Å². The Morgan fingerprint density at radius 2 is 1.59 bits per heavy atom. The summed E-state index contributed by atoms with van der Waals surface area (Å²) in [7, 11) is 0. The maximum absolute atomic E-state index is 12.7. The highest BCUT2D eigenvalue weighted by atomic mass is 16.2. The number of fused-ring (bicyclic) bond motifs is 1. The number of hydrogen-bond acceptors (Lipinski definition) is 3. The average molecular weight is 295 g/mol. The van der Waals surface area contributed by atoms with Crippen LogP contribution >= 0.6 is 0 Å². The molecule has 0 bridgehead atoms. The predicted octanol–water partition coefficient (Wildman–Crippen LogP) is 2.91. The molecule has 4 nitrogen and oxygen atoms in total. The molecule has 4 heteroatoms. The summed E-state index contributed by atoms with van der Waals surface area (Å²) >= 11 is 0. The number of amides is 1. The van der Waals surface area contributed by atoms with E-state index in [2.05, 4.69) is 4.90 Å². The van der Waals surface area contributed by atoms with Gasteiger partial charge in [-0.05, 0) is 38.1 Å². The van der Waals surface area contributed by atoms with E-state index < -0.39 is 6.04 Å². The maximum atomic E-state index is 12.7. The molecule has 1 atom stereocenters. The molecule has 0 spiro atoms. The van der Waals surface area contributed by atoms with Crippen molar-refractivity contribution >= 4 is 23.0 Å². The molecular weight excluding hydrogens is 274 g/mol. The SMILES string of the molecule is CC(C)N1C(=O)C(N)CN(c2ccccc2)c2ccccc21. The van der Waals surface area contributed by atoms with Gasteiger partial charge in [-0.25, -0.2) is 0 Å². The average Bonchev–Trinajstić information content (AvgIpc) is 2.64. The first-order chi connectivity index (χ1) is 10.6. The highest BCUT2D eigenvalue weighted by Gasteiger charge is 2.33. The second-order valence-electron chi connectivity index (χ2n) is 5.84. The van der Waals surface area contributed by atoms with Crippen molar-refractivity contribution in [2.24, 2.45) is 5.73 Å². The van der Waals surface area contributed by atoms with Crippen LogP contribution < -0.4 is 15.5 Å². The highest BCUT2D eigenvalue weighted by molar-refractivity contribution is 6.03. The van der Waals surface area contributed by atoms with Gasteiger partial charge < -0.3 is 15.5 Å². The fraction of sp³-hybridized carbons (Fsp3) is 0.278. The molecule has 0 aliphatic carbocycles. The van der Waals surface area contributed by atoms with Crippen LogP contribution in [0, 0.1) is 0 Å². The van der Waals surface area contributed by atoms with Crippen LogP contribution in [-0.2, 0) is 4.79 Å². The molecule has 1 aliphatic heterocycles. The molecule has 1 unspecified atom stereocenters. The Bertz CT molecular complexity index is 669. The Labute approximate surface area is 131 Å². The van der Waals surface area contributed by atoms with Crippen molar-refractivity contribution in [3.05, 3.63) is 54.6 Å². The summed E-state index contributed by atoms with van der Waals surface area (Å²) in [4.78, 5) is 16.6. The fourth-order valence-corrected chi connectivity index (χ4v) is 2.95. The molecule has 2 aromatic carbocycles. The normalized spacial score (nSPS) is 18.4. The second-order valence-corrected chi connectivity index (χ2v) is 5.84. The Morgan fingerprint density at radius 3 is 2.23 bits per heavy atom. The van der Waals surface area contributed by atoms with E-state index in [0.29, 0.717) is 6.54 Å². The summed E-state index contributed by atoms with van der Waals surface area (Å²) in [5, 5.41) is 0. The lowest BCUT2D eigenvalue weighted by Gasteiger charge is -2.28. The smallest absolute Gasteiger partial charge is 0.246 e. The number of para-hydroxylation sites is 3. The van der Waals surface area contributed by atoms with E-state index in [9.17, 15) is 4.79 Å². The van der Waals surface area contributed by atoms with Crippen LogP contribution in [0.3, 0.4) is 0 Å². The molecular formula is C18H21N3O. The monoisotopic (exact) mass is 295 g/mol. The molecule has 0 saturated carbocycles. The van der Waals surface area contributed by atoms with Gasteiger partial charge in [0.25, 0.3) is 0 Å². The zero-order chi connectivity index (χ0) is 15.7. The van der Waals surface area contributed by atoms with Crippen molar-refractivity contribution in [3.63, 3.8) is 0 Å². The van der Waals surface area contributed by atoms with Crippen LogP contribution in [-0.4, -0.2) is 24.5 Å². The van der Waals surface area contributed by atoms with Crippen LogP contribution in [0.1, 0.15) is 13.8 Å². The summed E-state index contributed by atoms with van der Waals surface area (Å²) < 4.78 is 0. The Morgan fingerprint density at radius 1 is 1.00 bits per heavy atom. The molecule has 1 amide bonds. The third kappa shape index (κ3) is 2.46. The molecule has 2 aromatic rings. The topological polar surface area (TPSA) is 49.6 Å². The zero-order valence-corrected chi connectivity index (χ0v) is 12.9. The molecule has 0 aromatic heterocycles. The maximum Gasteiger partial charge on any atom is 0.246 e. The molecule has 114 valence electrons. The summed E-state index contributed by atoms with van der Waals surface area (Å²) in [5.74, 6) is -0.0270. The van der Waals surface area contributed by atoms with E-state index in [1.807, 2.05) is 73.3 Å². The number of benzene rings is 2. The van der Waals surface area contributed by atoms with Gasteiger partial charge in [0.2, 0.25) is 5.91 Å². The summed E-state index contributed by atoms with van der Waals surface area (Å²) in [5.41, 5.74) is 9.16. The number of nitrogens with zero attached hydrogens (tertiary/aromatic N) is 2. The van der Waals surface area contributed by atoms with E-state index >= 15 is 0 Å². The first kappa shape index (κ1) is 14.6. The number of hydrogen-bond donors (Lipinski definition) is 1. The number of carbonyl (C=O) groups is 1. The van der Waals surface area contributed by atoms with Crippen molar-refractivity contribution in [2.75, 3.05) is 16.3 Å². The summed E-state index contributed by atoms with van der Waals surface area (Å²) in [6.07, 6.45) is 0. The molecule has 1 heterocycles. The lowest BCUT2D eigenvalue weighted by Crippen LogP contribution is -2.49. The first-order valence-electron chi connectivity index (χ1n) is 7.60. The second kappa shape index (κ2) is 5.81. The van der Waals surface area contributed by atoms with Gasteiger partial charge >= 0.3 is 0 Å². The van der Waals surface area contributed by atoms with Gasteiger partial charge in [-0.2, -0.15) is 0 Å². The molecule has 1 aliphatic rings. The minimum absolute atomic E-state index is 0.0270. The predicted molar refractivity (Wildman–Crippen MR) is 90.5 cm³/mol. The van der Waals surface area contributed by atoms with E-state index in [1.54, 1.807) is 0 Å². The van der Waals surface area contributed by atoms with Crippen molar-refractivity contribution < 1.29 is 4.79 Å². The van der Waals surface area contributed by atoms with Gasteiger partial charge in [0.05, 0.1) is 11.4 Å². The van der Waals surface area contributed by atoms with E-state index in [1.165, 1.54) is 0 Å². The molecule has 0 fully saturated rings. The number of carbonyl (C=O) groups excluding carboxylic acids is 1. The number of anilines is 3. The lowest BCUT2D eigenvalue weighted by molar-refractivity contribution is -0.119. The van der Waals surface area contributed by atoms with Gasteiger partial charge in [0, 0.05) is 18.3 Å². The number of rotatable bonds is 2. The quantitative estimate of drug-likeness (QED) is 0.927. The summed E-state index contributed by atoms with van der Waals surface area (Å²) in [6, 6.07) is 17.6. The highest BCUT2D eigenvalue weighted by Crippen LogP contribution is 2.37. The van der Waals surface area contributed by atoms with Crippen molar-refractivity contribution in [2.45, 2.75) is 25.9 Å². The number of nitrogens with two attached hydrogens (primary N) is 1. The summed E-state index contributed by atoms with van der Waals surface area (Å²) in [6.45, 7) is 4.50. The third-order valence-electron chi connectivity index (χ3n) is 3.95. The molecule has 2 N–H and O–H groups in total. The van der Waals surface area contributed by atoms with Crippen molar-refractivity contribution in [3.8, 4) is 0 Å². The minimum atomic E-state index is -0.546. The van der Waals surface area contributed by atoms with Gasteiger partial charge in [0.1, 0.15) is 6.04 Å². The Kier molecular flexibility index (Phi) is 3.86. The van der Waals surface area contributed by atoms with E-state index in [0.717, 1.165) is 17.1 Å². The van der Waals surface area contributed by atoms with Gasteiger partial charge in [-0.15, -0.1) is 0 Å². The lowest BCUT2D eigenvalue weighted by atomic mass is 10.2. The molecule has 22 heavy (non-hydrogen) atoms. The molecule has 0 saturated heterocycles. The van der Waals surface area contributed by atoms with Crippen LogP contribution in [0.4, 0.5) is 17.1 Å². The Hall–Kier alpha value is -2.33. The largest absolute Gasteiger partial charge is 0.338 e. The van der Waals surface area contributed by atoms with Crippen LogP contribution in [0.15, 0.2) is 54.6 Å². The minimum Gasteiger partial charge on any atom is -0.338 e. The molecule has 0 radical (unpaired) electrons. The van der Waals surface area contributed by atoms with Gasteiger partial charge in [0.15, 0.2) is 0 Å². The van der Waals surface area contributed by atoms with Crippen LogP contribution in [0.2, 0.25) is 0 Å². The van der Waals surface area contributed by atoms with Crippen molar-refractivity contribution in [1.29, 1.82) is 0 Å². The fourth-order valence-electron chi connectivity index (χ4n) is 2.95. The zero-order valence-electron chi connectivity index (χ0n) is 12.9. The first-order valence-corrected chi connectivity index (χ1v) is 7.60. The van der Waals surface area contributed by atoms with Gasteiger partial charge in [-0.1, -0.05) is 30.3 Å². The van der Waals surface area contributed by atoms with Crippen LogP contribution in [0.5, 0.6) is 0 Å².